The molecule has 0 spiro atoms. The molecule has 0 radical (unpaired) electrons. The Kier molecular flexibility index (Phi) is 62.5. The van der Waals surface area contributed by atoms with Crippen LogP contribution < -0.4 is 5.32 Å². The molecule has 0 aliphatic rings. The number of aliphatic hydroxyl groups is 2. The topological polar surface area (TPSA) is 95.9 Å². The smallest absolute Gasteiger partial charge is 0.305 e. The Morgan fingerprint density at radius 1 is 0.373 bits per heavy atom. The van der Waals surface area contributed by atoms with Crippen LogP contribution in [-0.2, 0) is 14.3 Å². The molecule has 0 aromatic rings. The summed E-state index contributed by atoms with van der Waals surface area (Å²) >= 11 is 0. The highest BCUT2D eigenvalue weighted by Crippen LogP contribution is 2.17. The highest BCUT2D eigenvalue weighted by Gasteiger charge is 2.18. The summed E-state index contributed by atoms with van der Waals surface area (Å²) in [5.74, 6) is -0.0666. The van der Waals surface area contributed by atoms with E-state index in [1.165, 1.54) is 276 Å². The van der Waals surface area contributed by atoms with Crippen LogP contribution in [0, 0.1) is 0 Å². The molecule has 2 unspecified atom stereocenters. The minimum Gasteiger partial charge on any atom is -0.466 e. The maximum atomic E-state index is 12.5. The molecule has 0 aromatic heterocycles. The van der Waals surface area contributed by atoms with E-state index < -0.39 is 12.1 Å². The van der Waals surface area contributed by atoms with Crippen molar-refractivity contribution < 1.29 is 24.5 Å². The standard InChI is InChI=1S/C69H129NO5/c1-3-5-7-9-11-13-15-17-19-35-39-43-47-51-55-59-63-69(74)75-64-60-56-52-48-44-40-36-32-30-28-26-24-22-20-21-23-25-27-29-31-34-38-42-46-50-54-58-62-68(73)70-66(65-71)67(72)61-57-53-49-45-41-37-33-18-16-14-12-10-8-6-4-2/h13,15,19-21,35,57,61,66-67,71-72H,3-12,14,16-18,22-34,36-56,58-60,62-65H2,1-2H3,(H,70,73)/b15-13-,21-20-,35-19-,61-57+. The van der Waals surface area contributed by atoms with Crippen molar-refractivity contribution in [3.8, 4) is 0 Å². The second kappa shape index (κ2) is 64.3. The molecule has 1 amide bonds. The summed E-state index contributed by atoms with van der Waals surface area (Å²) in [5, 5.41) is 23.1. The van der Waals surface area contributed by atoms with Crippen LogP contribution >= 0.6 is 0 Å². The van der Waals surface area contributed by atoms with Crippen LogP contribution in [0.4, 0.5) is 0 Å². The lowest BCUT2D eigenvalue weighted by Crippen LogP contribution is -2.45. The molecule has 0 rings (SSSR count). The van der Waals surface area contributed by atoms with E-state index in [4.69, 9.17) is 4.74 Å². The van der Waals surface area contributed by atoms with Gasteiger partial charge in [-0.15, -0.1) is 0 Å². The average molecular weight is 1050 g/mol. The van der Waals surface area contributed by atoms with Crippen molar-refractivity contribution >= 4 is 11.9 Å². The SMILES string of the molecule is CCCCCC/C=C\C/C=C\CCCCCCCC(=O)OCCCCCCCCCCCCCC/C=C\CCCCCCCCCCCCCC(=O)NC(CO)C(O)/C=C/CCCCCCCCCCCCCCC. The van der Waals surface area contributed by atoms with Crippen LogP contribution in [-0.4, -0.2) is 47.4 Å². The number of rotatable bonds is 62. The number of hydrogen-bond acceptors (Lipinski definition) is 5. The predicted molar refractivity (Wildman–Crippen MR) is 329 cm³/mol. The van der Waals surface area contributed by atoms with Gasteiger partial charge in [-0.05, 0) is 89.9 Å². The Bertz CT molecular complexity index is 1260. The second-order valence-electron chi connectivity index (χ2n) is 22.8. The van der Waals surface area contributed by atoms with Crippen molar-refractivity contribution in [3.05, 3.63) is 48.6 Å². The molecule has 0 aliphatic carbocycles. The van der Waals surface area contributed by atoms with Crippen LogP contribution in [0.1, 0.15) is 354 Å². The Hall–Kier alpha value is -2.18. The first kappa shape index (κ1) is 72.8. The lowest BCUT2D eigenvalue weighted by Gasteiger charge is -2.20. The zero-order valence-electron chi connectivity index (χ0n) is 50.3. The van der Waals surface area contributed by atoms with Gasteiger partial charge in [0.2, 0.25) is 5.91 Å². The van der Waals surface area contributed by atoms with Gasteiger partial charge in [0.05, 0.1) is 25.4 Å². The number of aliphatic hydroxyl groups excluding tert-OH is 2. The van der Waals surface area contributed by atoms with E-state index in [1.807, 2.05) is 6.08 Å². The lowest BCUT2D eigenvalue weighted by atomic mass is 10.0. The van der Waals surface area contributed by atoms with Crippen LogP contribution in [0.3, 0.4) is 0 Å². The van der Waals surface area contributed by atoms with Crippen molar-refractivity contribution in [2.45, 2.75) is 366 Å². The van der Waals surface area contributed by atoms with Crippen LogP contribution in [0.25, 0.3) is 0 Å². The molecule has 3 N–H and O–H groups in total. The summed E-state index contributed by atoms with van der Waals surface area (Å²) in [5.41, 5.74) is 0. The van der Waals surface area contributed by atoms with Gasteiger partial charge >= 0.3 is 5.97 Å². The molecule has 0 aliphatic heterocycles. The second-order valence-corrected chi connectivity index (χ2v) is 22.8. The van der Waals surface area contributed by atoms with Gasteiger partial charge in [-0.2, -0.15) is 0 Å². The average Bonchev–Trinajstić information content (AvgIpc) is 3.41. The first-order valence-corrected chi connectivity index (χ1v) is 33.4. The number of allylic oxidation sites excluding steroid dienone is 7. The Labute approximate surface area is 467 Å². The first-order valence-electron chi connectivity index (χ1n) is 33.4. The number of ether oxygens (including phenoxy) is 1. The molecule has 440 valence electrons. The number of unbranched alkanes of at least 4 members (excludes halogenated alkanes) is 45. The molecule has 0 saturated heterocycles. The Morgan fingerprint density at radius 3 is 1.04 bits per heavy atom. The van der Waals surface area contributed by atoms with Crippen LogP contribution in [0.15, 0.2) is 48.6 Å². The quantitative estimate of drug-likeness (QED) is 0.0320. The number of nitrogens with one attached hydrogen (secondary N) is 1. The molecular formula is C69H129NO5. The molecule has 2 atom stereocenters. The van der Waals surface area contributed by atoms with Gasteiger partial charge in [0.15, 0.2) is 0 Å². The summed E-state index contributed by atoms with van der Waals surface area (Å²) in [6.45, 7) is 4.90. The fraction of sp³-hybridized carbons (Fsp3) is 0.855. The van der Waals surface area contributed by atoms with Crippen molar-refractivity contribution in [1.29, 1.82) is 0 Å². The lowest BCUT2D eigenvalue weighted by molar-refractivity contribution is -0.143. The fourth-order valence-corrected chi connectivity index (χ4v) is 10.2. The van der Waals surface area contributed by atoms with E-state index in [9.17, 15) is 19.8 Å². The molecule has 6 nitrogen and oxygen atoms in total. The van der Waals surface area contributed by atoms with Gasteiger partial charge in [0.25, 0.3) is 0 Å². The van der Waals surface area contributed by atoms with E-state index in [-0.39, 0.29) is 18.5 Å². The van der Waals surface area contributed by atoms with E-state index in [0.717, 1.165) is 51.4 Å². The highest BCUT2D eigenvalue weighted by atomic mass is 16.5. The van der Waals surface area contributed by atoms with Gasteiger partial charge < -0.3 is 20.3 Å². The van der Waals surface area contributed by atoms with Crippen molar-refractivity contribution in [3.63, 3.8) is 0 Å². The van der Waals surface area contributed by atoms with Crippen molar-refractivity contribution in [2.75, 3.05) is 13.2 Å². The van der Waals surface area contributed by atoms with Crippen molar-refractivity contribution in [1.82, 2.24) is 5.32 Å². The third kappa shape index (κ3) is 60.9. The van der Waals surface area contributed by atoms with Gasteiger partial charge in [0, 0.05) is 12.8 Å². The maximum absolute atomic E-state index is 12.5. The van der Waals surface area contributed by atoms with Gasteiger partial charge in [-0.1, -0.05) is 300 Å². The predicted octanol–water partition coefficient (Wildman–Crippen LogP) is 21.3. The summed E-state index contributed by atoms with van der Waals surface area (Å²) < 4.78 is 5.49. The molecule has 0 fully saturated rings. The third-order valence-corrected chi connectivity index (χ3v) is 15.3. The minimum atomic E-state index is -0.845. The molecule has 0 aromatic carbocycles. The van der Waals surface area contributed by atoms with E-state index in [0.29, 0.717) is 19.4 Å². The van der Waals surface area contributed by atoms with Crippen LogP contribution in [0.2, 0.25) is 0 Å². The summed E-state index contributed by atoms with van der Waals surface area (Å²) in [6.07, 6.45) is 83.1. The molecular weight excluding hydrogens is 923 g/mol. The first-order chi connectivity index (χ1) is 37.0. The van der Waals surface area contributed by atoms with E-state index in [2.05, 4.69) is 55.6 Å². The van der Waals surface area contributed by atoms with E-state index >= 15 is 0 Å². The van der Waals surface area contributed by atoms with Gasteiger partial charge in [-0.3, -0.25) is 9.59 Å². The minimum absolute atomic E-state index is 0.00114. The molecule has 0 heterocycles. The monoisotopic (exact) mass is 1050 g/mol. The number of esters is 1. The fourth-order valence-electron chi connectivity index (χ4n) is 10.2. The Morgan fingerprint density at radius 2 is 0.667 bits per heavy atom. The molecule has 75 heavy (non-hydrogen) atoms. The zero-order chi connectivity index (χ0) is 54.3. The number of carbonyl (C=O) groups excluding carboxylic acids is 2. The zero-order valence-corrected chi connectivity index (χ0v) is 50.3. The van der Waals surface area contributed by atoms with E-state index in [1.54, 1.807) is 6.08 Å². The molecule has 6 heteroatoms. The molecule has 0 bridgehead atoms. The Balaban J connectivity index is 3.41. The summed E-state index contributed by atoms with van der Waals surface area (Å²) in [7, 11) is 0. The van der Waals surface area contributed by atoms with Gasteiger partial charge in [0.1, 0.15) is 0 Å². The number of hydrogen-bond donors (Lipinski definition) is 3. The van der Waals surface area contributed by atoms with Crippen LogP contribution in [0.5, 0.6) is 0 Å². The number of amides is 1. The highest BCUT2D eigenvalue weighted by molar-refractivity contribution is 5.76. The third-order valence-electron chi connectivity index (χ3n) is 15.3. The maximum Gasteiger partial charge on any atom is 0.305 e. The summed E-state index contributed by atoms with van der Waals surface area (Å²) in [4.78, 5) is 24.5. The van der Waals surface area contributed by atoms with Gasteiger partial charge in [-0.25, -0.2) is 0 Å². The largest absolute Gasteiger partial charge is 0.466 e. The van der Waals surface area contributed by atoms with Crippen molar-refractivity contribution in [2.24, 2.45) is 0 Å². The molecule has 0 saturated carbocycles. The normalized spacial score (nSPS) is 12.9. The summed E-state index contributed by atoms with van der Waals surface area (Å²) in [6, 6.07) is -0.629. The number of carbonyl (C=O) groups is 2.